The molecule has 0 atom stereocenters. The van der Waals surface area contributed by atoms with Gasteiger partial charge in [-0.05, 0) is 36.4 Å². The number of halogens is 1. The minimum absolute atomic E-state index is 0. The van der Waals surface area contributed by atoms with E-state index in [9.17, 15) is 18.8 Å². The van der Waals surface area contributed by atoms with Crippen molar-refractivity contribution in [2.24, 2.45) is 0 Å². The summed E-state index contributed by atoms with van der Waals surface area (Å²) in [5.41, 5.74) is 7.11. The minimum Gasteiger partial charge on any atom is -0.666 e. The molecule has 2 N–H and O–H groups in total. The summed E-state index contributed by atoms with van der Waals surface area (Å²) in [7, 11) is 0. The van der Waals surface area contributed by atoms with Gasteiger partial charge in [0.15, 0.2) is 0 Å². The summed E-state index contributed by atoms with van der Waals surface area (Å²) in [6, 6.07) is 13.5. The van der Waals surface area contributed by atoms with Crippen molar-refractivity contribution < 1.29 is 46.7 Å². The maximum Gasteiger partial charge on any atom is 0.277 e. The fraction of sp³-hybridized carbons (Fsp3) is 0.0526. The van der Waals surface area contributed by atoms with Crippen molar-refractivity contribution in [1.82, 2.24) is 9.55 Å². The second kappa shape index (κ2) is 9.48. The average Bonchev–Trinajstić information content (AvgIpc) is 2.66. The van der Waals surface area contributed by atoms with E-state index in [1.807, 2.05) is 0 Å². The SMILES string of the molecule is [NH-]C(=O)Cn1c(-c2ccc(F)cc2)ncc(NC(=O)c2ccccc2)c1=O.[Y]. The van der Waals surface area contributed by atoms with E-state index in [4.69, 9.17) is 5.73 Å². The van der Waals surface area contributed by atoms with Gasteiger partial charge in [-0.3, -0.25) is 14.2 Å². The van der Waals surface area contributed by atoms with Gasteiger partial charge in [0, 0.05) is 43.8 Å². The average molecular weight is 454 g/mol. The molecule has 0 saturated heterocycles. The van der Waals surface area contributed by atoms with Crippen molar-refractivity contribution >= 4 is 17.5 Å². The van der Waals surface area contributed by atoms with E-state index in [1.165, 1.54) is 30.5 Å². The molecule has 0 fully saturated rings. The number of benzene rings is 2. The molecule has 0 unspecified atom stereocenters. The van der Waals surface area contributed by atoms with Crippen LogP contribution in [0, 0.1) is 5.82 Å². The quantitative estimate of drug-likeness (QED) is 0.640. The van der Waals surface area contributed by atoms with Gasteiger partial charge in [-0.1, -0.05) is 18.2 Å². The van der Waals surface area contributed by atoms with Crippen LogP contribution in [-0.2, 0) is 44.0 Å². The normalized spacial score (nSPS) is 10.0. The second-order valence-electron chi connectivity index (χ2n) is 5.64. The van der Waals surface area contributed by atoms with Gasteiger partial charge >= 0.3 is 0 Å². The zero-order valence-corrected chi connectivity index (χ0v) is 17.4. The molecule has 0 spiro atoms. The predicted octanol–water partition coefficient (Wildman–Crippen LogP) is 2.88. The van der Waals surface area contributed by atoms with Crippen molar-refractivity contribution in [1.29, 1.82) is 0 Å². The third kappa shape index (κ3) is 4.96. The molecule has 0 aliphatic carbocycles. The van der Waals surface area contributed by atoms with Gasteiger partial charge in [-0.15, -0.1) is 0 Å². The van der Waals surface area contributed by atoms with Crippen molar-refractivity contribution in [2.75, 3.05) is 5.32 Å². The Balaban J connectivity index is 0.00000280. The number of hydrogen-bond acceptors (Lipinski definition) is 4. The van der Waals surface area contributed by atoms with Crippen LogP contribution in [0.2, 0.25) is 0 Å². The summed E-state index contributed by atoms with van der Waals surface area (Å²) in [6.07, 6.45) is 1.17. The molecular weight excluding hydrogens is 440 g/mol. The number of carbonyl (C=O) groups is 2. The molecule has 1 aromatic heterocycles. The first-order chi connectivity index (χ1) is 13.0. The first kappa shape index (κ1) is 21.6. The number of aromatic nitrogens is 2. The summed E-state index contributed by atoms with van der Waals surface area (Å²) in [5.74, 6) is -1.88. The van der Waals surface area contributed by atoms with Crippen LogP contribution in [0.15, 0.2) is 65.6 Å². The van der Waals surface area contributed by atoms with Gasteiger partial charge in [-0.2, -0.15) is 0 Å². The molecule has 28 heavy (non-hydrogen) atoms. The number of amides is 2. The molecule has 0 bridgehead atoms. The molecule has 0 aliphatic rings. The maximum absolute atomic E-state index is 13.1. The van der Waals surface area contributed by atoms with Crippen LogP contribution in [0.3, 0.4) is 0 Å². The van der Waals surface area contributed by atoms with Crippen molar-refractivity contribution in [3.63, 3.8) is 0 Å². The Bertz CT molecular complexity index is 1050. The van der Waals surface area contributed by atoms with E-state index >= 15 is 0 Å². The number of nitrogens with zero attached hydrogens (tertiary/aromatic N) is 2. The molecule has 9 heteroatoms. The van der Waals surface area contributed by atoms with Gasteiger partial charge in [-0.25, -0.2) is 9.37 Å². The van der Waals surface area contributed by atoms with Crippen LogP contribution >= 0.6 is 0 Å². The molecular formula is C19H14FN4O3Y-. The maximum atomic E-state index is 13.1. The fourth-order valence-corrected chi connectivity index (χ4v) is 2.48. The Morgan fingerprint density at radius 3 is 2.32 bits per heavy atom. The van der Waals surface area contributed by atoms with E-state index in [-0.39, 0.29) is 44.2 Å². The van der Waals surface area contributed by atoms with Gasteiger partial charge < -0.3 is 15.8 Å². The summed E-state index contributed by atoms with van der Waals surface area (Å²) in [6.45, 7) is -0.548. The zero-order chi connectivity index (χ0) is 19.4. The van der Waals surface area contributed by atoms with E-state index < -0.39 is 29.7 Å². The van der Waals surface area contributed by atoms with E-state index in [1.54, 1.807) is 30.3 Å². The molecule has 3 aromatic rings. The van der Waals surface area contributed by atoms with Crippen LogP contribution < -0.4 is 10.9 Å². The van der Waals surface area contributed by atoms with Crippen LogP contribution in [0.1, 0.15) is 10.4 Å². The molecule has 3 rings (SSSR count). The van der Waals surface area contributed by atoms with Gasteiger partial charge in [0.2, 0.25) is 0 Å². The number of hydrogen-bond donors (Lipinski definition) is 1. The van der Waals surface area contributed by atoms with Gasteiger partial charge in [0.25, 0.3) is 11.5 Å². The Morgan fingerprint density at radius 2 is 1.71 bits per heavy atom. The monoisotopic (exact) mass is 454 g/mol. The molecule has 1 radical (unpaired) electrons. The summed E-state index contributed by atoms with van der Waals surface area (Å²) >= 11 is 0. The topological polar surface area (TPSA) is 105 Å². The number of nitrogens with one attached hydrogen (secondary N) is 2. The molecule has 7 nitrogen and oxygen atoms in total. The predicted molar refractivity (Wildman–Crippen MR) is 97.6 cm³/mol. The minimum atomic E-state index is -1.01. The van der Waals surface area contributed by atoms with Crippen molar-refractivity contribution in [3.05, 3.63) is 88.3 Å². The third-order valence-corrected chi connectivity index (χ3v) is 3.74. The van der Waals surface area contributed by atoms with E-state index in [2.05, 4.69) is 10.3 Å². The summed E-state index contributed by atoms with van der Waals surface area (Å²) in [4.78, 5) is 40.4. The smallest absolute Gasteiger partial charge is 0.277 e. The molecule has 139 valence electrons. The Morgan fingerprint density at radius 1 is 1.07 bits per heavy atom. The van der Waals surface area contributed by atoms with E-state index in [0.29, 0.717) is 11.1 Å². The van der Waals surface area contributed by atoms with Gasteiger partial charge in [0.05, 0.1) is 18.6 Å². The number of carbonyl (C=O) groups excluding carboxylic acids is 2. The molecule has 1 heterocycles. The largest absolute Gasteiger partial charge is 0.666 e. The van der Waals surface area contributed by atoms with Gasteiger partial charge in [0.1, 0.15) is 17.3 Å². The summed E-state index contributed by atoms with van der Waals surface area (Å²) in [5, 5.41) is 2.46. The van der Waals surface area contributed by atoms with Crippen LogP contribution in [0.4, 0.5) is 10.1 Å². The van der Waals surface area contributed by atoms with Crippen LogP contribution in [-0.4, -0.2) is 21.4 Å². The van der Waals surface area contributed by atoms with Crippen LogP contribution in [0.5, 0.6) is 0 Å². The first-order valence-electron chi connectivity index (χ1n) is 7.92. The van der Waals surface area contributed by atoms with Crippen molar-refractivity contribution in [3.8, 4) is 11.4 Å². The third-order valence-electron chi connectivity index (χ3n) is 3.74. The number of anilines is 1. The fourth-order valence-electron chi connectivity index (χ4n) is 2.48. The second-order valence-corrected chi connectivity index (χ2v) is 5.64. The zero-order valence-electron chi connectivity index (χ0n) is 14.6. The Hall–Kier alpha value is -2.71. The first-order valence-corrected chi connectivity index (χ1v) is 7.92. The Kier molecular flexibility index (Phi) is 7.31. The molecule has 2 amide bonds. The van der Waals surface area contributed by atoms with E-state index in [0.717, 1.165) is 4.57 Å². The van der Waals surface area contributed by atoms with Crippen LogP contribution in [0.25, 0.3) is 17.1 Å². The summed E-state index contributed by atoms with van der Waals surface area (Å²) < 4.78 is 14.1. The number of rotatable bonds is 5. The molecule has 2 aromatic carbocycles. The molecule has 0 saturated carbocycles. The Labute approximate surface area is 184 Å². The van der Waals surface area contributed by atoms with Crippen molar-refractivity contribution in [2.45, 2.75) is 6.54 Å². The molecule has 0 aliphatic heterocycles. The standard InChI is InChI=1S/C19H15FN4O3.Y/c20-14-8-6-12(7-9-14)17-22-10-15(19(27)24(17)11-16(21)25)23-18(26)13-4-2-1-3-5-13;/h1-10H,11H2,(H3,21,23,25,26);/p-1.